The second-order valence-electron chi connectivity index (χ2n) is 5.13. The third kappa shape index (κ3) is 2.47. The van der Waals surface area contributed by atoms with Crippen LogP contribution in [0, 0.1) is 0 Å². The minimum Gasteiger partial charge on any atom is -0.381 e. The molecule has 0 aromatic heterocycles. The van der Waals surface area contributed by atoms with Gasteiger partial charge in [0, 0.05) is 29.7 Å². The number of nitrogens with zero attached hydrogens (tertiary/aromatic N) is 1. The molecule has 20 heavy (non-hydrogen) atoms. The Bertz CT molecular complexity index is 552. The zero-order valence-corrected chi connectivity index (χ0v) is 12.2. The van der Waals surface area contributed by atoms with Crippen LogP contribution in [-0.2, 0) is 9.53 Å². The maximum Gasteiger partial charge on any atom is 0.237 e. The number of ether oxygens (including phenoxy) is 1. The van der Waals surface area contributed by atoms with Crippen molar-refractivity contribution in [3.63, 3.8) is 0 Å². The first-order valence-corrected chi connectivity index (χ1v) is 7.83. The Balaban J connectivity index is 2.00. The van der Waals surface area contributed by atoms with Crippen molar-refractivity contribution < 1.29 is 14.3 Å². The molecule has 2 aliphatic rings. The average molecular weight is 291 g/mol. The smallest absolute Gasteiger partial charge is 0.237 e. The third-order valence-corrected chi connectivity index (χ3v) is 4.85. The van der Waals surface area contributed by atoms with Gasteiger partial charge >= 0.3 is 0 Å². The number of carbonyl (C=O) groups excluding carboxylic acids is 2. The standard InChI is InChI=1S/C15H17NO3S/c1-10(17)11-2-3-14-13(8-11)16(15(18)9-20-14)12-4-6-19-7-5-12/h2-3,8,12H,4-7,9H2,1H3. The lowest BCUT2D eigenvalue weighted by molar-refractivity contribution is -0.117. The predicted octanol–water partition coefficient (Wildman–Crippen LogP) is 2.51. The second kappa shape index (κ2) is 5.58. The van der Waals surface area contributed by atoms with E-state index in [1.54, 1.807) is 18.7 Å². The van der Waals surface area contributed by atoms with E-state index < -0.39 is 0 Å². The fraction of sp³-hybridized carbons (Fsp3) is 0.467. The van der Waals surface area contributed by atoms with E-state index in [2.05, 4.69) is 0 Å². The summed E-state index contributed by atoms with van der Waals surface area (Å²) in [5, 5.41) is 0. The largest absolute Gasteiger partial charge is 0.381 e. The molecule has 0 N–H and O–H groups in total. The topological polar surface area (TPSA) is 46.6 Å². The molecule has 0 atom stereocenters. The minimum absolute atomic E-state index is 0.0303. The first-order chi connectivity index (χ1) is 9.66. The van der Waals surface area contributed by atoms with Gasteiger partial charge in [0.05, 0.1) is 11.4 Å². The molecule has 1 fully saturated rings. The van der Waals surface area contributed by atoms with Crippen LogP contribution < -0.4 is 4.90 Å². The highest BCUT2D eigenvalue weighted by atomic mass is 32.2. The molecule has 4 nitrogen and oxygen atoms in total. The van der Waals surface area contributed by atoms with Crippen molar-refractivity contribution in [2.24, 2.45) is 0 Å². The lowest BCUT2D eigenvalue weighted by atomic mass is 10.0. The monoisotopic (exact) mass is 291 g/mol. The first-order valence-electron chi connectivity index (χ1n) is 6.84. The van der Waals surface area contributed by atoms with Gasteiger partial charge in [0.2, 0.25) is 5.91 Å². The number of hydrogen-bond donors (Lipinski definition) is 0. The summed E-state index contributed by atoms with van der Waals surface area (Å²) in [6.45, 7) is 2.95. The zero-order valence-electron chi connectivity index (χ0n) is 11.4. The van der Waals surface area contributed by atoms with E-state index in [1.807, 2.05) is 23.1 Å². The van der Waals surface area contributed by atoms with Crippen LogP contribution >= 0.6 is 11.8 Å². The van der Waals surface area contributed by atoms with Gasteiger partial charge in [-0.05, 0) is 31.9 Å². The number of amides is 1. The van der Waals surface area contributed by atoms with Crippen molar-refractivity contribution in [2.45, 2.75) is 30.7 Å². The normalized spacial score (nSPS) is 19.9. The van der Waals surface area contributed by atoms with Crippen LogP contribution in [0.1, 0.15) is 30.1 Å². The number of rotatable bonds is 2. The molecule has 1 amide bonds. The third-order valence-electron chi connectivity index (χ3n) is 3.80. The molecule has 1 aromatic rings. The van der Waals surface area contributed by atoms with Gasteiger partial charge in [0.1, 0.15) is 0 Å². The van der Waals surface area contributed by atoms with Crippen molar-refractivity contribution in [1.29, 1.82) is 0 Å². The average Bonchev–Trinajstić information content (AvgIpc) is 2.47. The van der Waals surface area contributed by atoms with Crippen molar-refractivity contribution in [3.05, 3.63) is 23.8 Å². The van der Waals surface area contributed by atoms with E-state index in [-0.39, 0.29) is 17.7 Å². The quantitative estimate of drug-likeness (QED) is 0.786. The Morgan fingerprint density at radius 3 is 2.80 bits per heavy atom. The Morgan fingerprint density at radius 1 is 1.35 bits per heavy atom. The van der Waals surface area contributed by atoms with E-state index in [4.69, 9.17) is 4.74 Å². The first kappa shape index (κ1) is 13.6. The van der Waals surface area contributed by atoms with Gasteiger partial charge in [0.15, 0.2) is 5.78 Å². The van der Waals surface area contributed by atoms with Gasteiger partial charge in [-0.1, -0.05) is 6.07 Å². The highest BCUT2D eigenvalue weighted by Gasteiger charge is 2.32. The van der Waals surface area contributed by atoms with Gasteiger partial charge in [-0.3, -0.25) is 9.59 Å². The van der Waals surface area contributed by atoms with Gasteiger partial charge < -0.3 is 9.64 Å². The lowest BCUT2D eigenvalue weighted by Crippen LogP contribution is -2.46. The molecule has 0 unspecified atom stereocenters. The van der Waals surface area contributed by atoms with Crippen LogP contribution in [0.4, 0.5) is 5.69 Å². The maximum absolute atomic E-state index is 12.3. The van der Waals surface area contributed by atoms with Crippen LogP contribution in [0.2, 0.25) is 0 Å². The molecule has 0 radical (unpaired) electrons. The summed E-state index contributed by atoms with van der Waals surface area (Å²) in [5.74, 6) is 0.641. The molecule has 0 saturated carbocycles. The van der Waals surface area contributed by atoms with E-state index in [9.17, 15) is 9.59 Å². The van der Waals surface area contributed by atoms with E-state index >= 15 is 0 Å². The fourth-order valence-corrected chi connectivity index (χ4v) is 3.62. The Kier molecular flexibility index (Phi) is 3.81. The van der Waals surface area contributed by atoms with E-state index in [1.165, 1.54) is 0 Å². The number of Topliss-reactive ketones (excluding diaryl/α,β-unsaturated/α-hetero) is 1. The summed E-state index contributed by atoms with van der Waals surface area (Å²) in [6, 6.07) is 5.84. The zero-order chi connectivity index (χ0) is 14.1. The molecule has 5 heteroatoms. The summed E-state index contributed by atoms with van der Waals surface area (Å²) < 4.78 is 5.38. The van der Waals surface area contributed by atoms with Crippen molar-refractivity contribution in [3.8, 4) is 0 Å². The van der Waals surface area contributed by atoms with Crippen LogP contribution in [0.5, 0.6) is 0 Å². The highest BCUT2D eigenvalue weighted by molar-refractivity contribution is 8.00. The van der Waals surface area contributed by atoms with Gasteiger partial charge in [0.25, 0.3) is 0 Å². The number of anilines is 1. The van der Waals surface area contributed by atoms with E-state index in [0.717, 1.165) is 23.4 Å². The number of ketones is 1. The van der Waals surface area contributed by atoms with Crippen molar-refractivity contribution in [1.82, 2.24) is 0 Å². The predicted molar refractivity (Wildman–Crippen MR) is 78.5 cm³/mol. The molecule has 2 heterocycles. The molecule has 0 bridgehead atoms. The number of hydrogen-bond acceptors (Lipinski definition) is 4. The Hall–Kier alpha value is -1.33. The second-order valence-corrected chi connectivity index (χ2v) is 6.15. The van der Waals surface area contributed by atoms with Crippen molar-refractivity contribution in [2.75, 3.05) is 23.9 Å². The van der Waals surface area contributed by atoms with Gasteiger partial charge in [-0.15, -0.1) is 11.8 Å². The van der Waals surface area contributed by atoms with E-state index in [0.29, 0.717) is 24.5 Å². The SMILES string of the molecule is CC(=O)c1ccc2c(c1)N(C1CCOCC1)C(=O)CS2. The molecule has 0 aliphatic carbocycles. The number of thioether (sulfide) groups is 1. The Morgan fingerprint density at radius 2 is 2.10 bits per heavy atom. The van der Waals surface area contributed by atoms with Crippen LogP contribution in [0.3, 0.4) is 0 Å². The molecule has 106 valence electrons. The summed E-state index contributed by atoms with van der Waals surface area (Å²) >= 11 is 1.55. The molecular weight excluding hydrogens is 274 g/mol. The molecule has 0 spiro atoms. The van der Waals surface area contributed by atoms with Gasteiger partial charge in [-0.2, -0.15) is 0 Å². The minimum atomic E-state index is 0.0303. The number of fused-ring (bicyclic) bond motifs is 1. The summed E-state index contributed by atoms with van der Waals surface area (Å²) in [7, 11) is 0. The summed E-state index contributed by atoms with van der Waals surface area (Å²) in [5.41, 5.74) is 1.56. The highest BCUT2D eigenvalue weighted by Crippen LogP contribution is 2.38. The van der Waals surface area contributed by atoms with Crippen LogP contribution in [-0.4, -0.2) is 36.7 Å². The maximum atomic E-state index is 12.3. The van der Waals surface area contributed by atoms with Crippen LogP contribution in [0.15, 0.2) is 23.1 Å². The molecular formula is C15H17NO3S. The number of benzene rings is 1. The lowest BCUT2D eigenvalue weighted by Gasteiger charge is -2.37. The summed E-state index contributed by atoms with van der Waals surface area (Å²) in [4.78, 5) is 26.9. The number of carbonyl (C=O) groups is 2. The van der Waals surface area contributed by atoms with Crippen LogP contribution in [0.25, 0.3) is 0 Å². The Labute approximate surface area is 122 Å². The molecule has 1 saturated heterocycles. The fourth-order valence-electron chi connectivity index (χ4n) is 2.73. The summed E-state index contributed by atoms with van der Waals surface area (Å²) in [6.07, 6.45) is 1.72. The molecule has 2 aliphatic heterocycles. The molecule has 1 aromatic carbocycles. The van der Waals surface area contributed by atoms with Gasteiger partial charge in [-0.25, -0.2) is 0 Å². The molecule has 3 rings (SSSR count). The van der Waals surface area contributed by atoms with Crippen molar-refractivity contribution >= 4 is 29.1 Å².